The highest BCUT2D eigenvalue weighted by Gasteiger charge is 2.28. The van der Waals surface area contributed by atoms with Gasteiger partial charge in [0.2, 0.25) is 0 Å². The minimum atomic E-state index is -0.642. The molecule has 12 heteroatoms. The van der Waals surface area contributed by atoms with Crippen LogP contribution in [0.1, 0.15) is 27.6 Å². The molecule has 1 heterocycles. The van der Waals surface area contributed by atoms with Crippen LogP contribution in [0.15, 0.2) is 36.4 Å². The van der Waals surface area contributed by atoms with E-state index >= 15 is 0 Å². The molecule has 0 aliphatic carbocycles. The average Bonchev–Trinajstić information content (AvgIpc) is 2.83. The number of nitro benzene ring substituents is 2. The average molecular weight is 458 g/mol. The Bertz CT molecular complexity index is 1100. The number of anilines is 1. The van der Waals surface area contributed by atoms with Crippen molar-refractivity contribution < 1.29 is 28.9 Å². The maximum atomic E-state index is 12.9. The summed E-state index contributed by atoms with van der Waals surface area (Å²) < 4.78 is 9.86. The van der Waals surface area contributed by atoms with Gasteiger partial charge < -0.3 is 19.3 Å². The fraction of sp³-hybridized carbons (Fsp3) is 0.333. The number of hydrogen-bond donors (Lipinski definition) is 0. The van der Waals surface area contributed by atoms with E-state index < -0.39 is 15.8 Å². The Morgan fingerprint density at radius 3 is 2.12 bits per heavy atom. The summed E-state index contributed by atoms with van der Waals surface area (Å²) in [4.78, 5) is 49.7. The zero-order valence-corrected chi connectivity index (χ0v) is 18.1. The van der Waals surface area contributed by atoms with Gasteiger partial charge in [-0.15, -0.1) is 0 Å². The first-order valence-electron chi connectivity index (χ1n) is 10.1. The summed E-state index contributed by atoms with van der Waals surface area (Å²) in [5.41, 5.74) is 0.0357. The fourth-order valence-corrected chi connectivity index (χ4v) is 3.58. The smallest absolute Gasteiger partial charge is 0.338 e. The SMILES string of the molecule is CCOC(=O)c1ccc(N2CCN(C(=O)c3ccc(OC)c([N+](=O)[O-])c3)CC2)c([N+](=O)[O-])c1. The Labute approximate surface area is 188 Å². The van der Waals surface area contributed by atoms with Crippen LogP contribution in [-0.4, -0.2) is 66.5 Å². The number of hydrogen-bond acceptors (Lipinski definition) is 9. The molecule has 174 valence electrons. The van der Waals surface area contributed by atoms with Crippen LogP contribution in [0.2, 0.25) is 0 Å². The molecule has 1 fully saturated rings. The lowest BCUT2D eigenvalue weighted by molar-refractivity contribution is -0.385. The van der Waals surface area contributed by atoms with Crippen LogP contribution in [0.5, 0.6) is 5.75 Å². The van der Waals surface area contributed by atoms with E-state index in [1.165, 1.54) is 48.4 Å². The van der Waals surface area contributed by atoms with Gasteiger partial charge in [0.25, 0.3) is 11.6 Å². The Kier molecular flexibility index (Phi) is 7.06. The predicted molar refractivity (Wildman–Crippen MR) is 117 cm³/mol. The van der Waals surface area contributed by atoms with Crippen molar-refractivity contribution >= 4 is 28.9 Å². The molecular weight excluding hydrogens is 436 g/mol. The topological polar surface area (TPSA) is 145 Å². The van der Waals surface area contributed by atoms with Gasteiger partial charge >= 0.3 is 11.7 Å². The molecule has 0 atom stereocenters. The van der Waals surface area contributed by atoms with E-state index in [1.54, 1.807) is 11.8 Å². The van der Waals surface area contributed by atoms with Crippen LogP contribution in [0, 0.1) is 20.2 Å². The third-order valence-corrected chi connectivity index (χ3v) is 5.21. The summed E-state index contributed by atoms with van der Waals surface area (Å²) in [6.07, 6.45) is 0. The van der Waals surface area contributed by atoms with E-state index in [9.17, 15) is 29.8 Å². The first-order chi connectivity index (χ1) is 15.8. The summed E-state index contributed by atoms with van der Waals surface area (Å²) in [7, 11) is 1.31. The molecule has 1 aliphatic rings. The van der Waals surface area contributed by atoms with Gasteiger partial charge in [-0.05, 0) is 31.2 Å². The highest BCUT2D eigenvalue weighted by atomic mass is 16.6. The predicted octanol–water partition coefficient (Wildman–Crippen LogP) is 2.65. The molecule has 2 aromatic carbocycles. The monoisotopic (exact) mass is 458 g/mol. The van der Waals surface area contributed by atoms with Gasteiger partial charge in [-0.3, -0.25) is 25.0 Å². The normalized spacial score (nSPS) is 13.4. The molecule has 1 saturated heterocycles. The van der Waals surface area contributed by atoms with E-state index in [2.05, 4.69) is 0 Å². The van der Waals surface area contributed by atoms with Gasteiger partial charge in [0, 0.05) is 43.9 Å². The minimum Gasteiger partial charge on any atom is -0.490 e. The largest absolute Gasteiger partial charge is 0.490 e. The number of piperazine rings is 1. The second-order valence-corrected chi connectivity index (χ2v) is 7.10. The summed E-state index contributed by atoms with van der Waals surface area (Å²) in [6.45, 7) is 2.94. The van der Waals surface area contributed by atoms with Crippen LogP contribution in [0.25, 0.3) is 0 Å². The number of carbonyl (C=O) groups is 2. The van der Waals surface area contributed by atoms with E-state index in [-0.39, 0.29) is 53.9 Å². The summed E-state index contributed by atoms with van der Waals surface area (Å²) in [5, 5.41) is 22.8. The molecule has 12 nitrogen and oxygen atoms in total. The van der Waals surface area contributed by atoms with Crippen LogP contribution >= 0.6 is 0 Å². The fourth-order valence-electron chi connectivity index (χ4n) is 3.58. The molecule has 0 N–H and O–H groups in total. The Hall–Kier alpha value is -4.22. The molecule has 33 heavy (non-hydrogen) atoms. The second-order valence-electron chi connectivity index (χ2n) is 7.10. The molecule has 0 radical (unpaired) electrons. The van der Waals surface area contributed by atoms with Gasteiger partial charge in [0.05, 0.1) is 29.1 Å². The number of amides is 1. The molecule has 0 aromatic heterocycles. The van der Waals surface area contributed by atoms with Crippen molar-refractivity contribution in [2.75, 3.05) is 44.8 Å². The van der Waals surface area contributed by atoms with E-state index in [4.69, 9.17) is 9.47 Å². The standard InChI is InChI=1S/C21H22N4O8/c1-3-33-21(27)15-4-6-16(17(13-15)24(28)29)22-8-10-23(11-9-22)20(26)14-5-7-19(32-2)18(12-14)25(30)31/h4-7,12-13H,3,8-11H2,1-2H3. The number of nitrogens with zero attached hydrogens (tertiary/aromatic N) is 4. The minimum absolute atomic E-state index is 0.0555. The van der Waals surface area contributed by atoms with Crippen molar-refractivity contribution in [1.29, 1.82) is 0 Å². The number of methoxy groups -OCH3 is 1. The number of rotatable bonds is 7. The van der Waals surface area contributed by atoms with Crippen LogP contribution in [0.3, 0.4) is 0 Å². The molecule has 3 rings (SSSR count). The summed E-state index contributed by atoms with van der Waals surface area (Å²) in [5.74, 6) is -0.969. The Morgan fingerprint density at radius 1 is 0.939 bits per heavy atom. The maximum absolute atomic E-state index is 12.9. The first kappa shape index (κ1) is 23.4. The quantitative estimate of drug-likeness (QED) is 0.347. The number of benzene rings is 2. The highest BCUT2D eigenvalue weighted by molar-refractivity contribution is 5.95. The lowest BCUT2D eigenvalue weighted by Gasteiger charge is -2.35. The lowest BCUT2D eigenvalue weighted by atomic mass is 10.1. The van der Waals surface area contributed by atoms with Gasteiger partial charge in [-0.25, -0.2) is 4.79 Å². The second kappa shape index (κ2) is 9.94. The van der Waals surface area contributed by atoms with Gasteiger partial charge in [0.15, 0.2) is 5.75 Å². The molecule has 1 amide bonds. The van der Waals surface area contributed by atoms with E-state index in [0.29, 0.717) is 18.8 Å². The molecule has 0 spiro atoms. The molecular formula is C21H22N4O8. The van der Waals surface area contributed by atoms with Crippen molar-refractivity contribution in [3.8, 4) is 5.75 Å². The van der Waals surface area contributed by atoms with Crippen molar-refractivity contribution in [3.63, 3.8) is 0 Å². The van der Waals surface area contributed by atoms with Crippen molar-refractivity contribution in [2.24, 2.45) is 0 Å². The van der Waals surface area contributed by atoms with Gasteiger partial charge in [-0.1, -0.05) is 0 Å². The molecule has 2 aromatic rings. The van der Waals surface area contributed by atoms with Crippen molar-refractivity contribution in [2.45, 2.75) is 6.92 Å². The third kappa shape index (κ3) is 5.00. The summed E-state index contributed by atoms with van der Waals surface area (Å²) >= 11 is 0. The Morgan fingerprint density at radius 2 is 1.55 bits per heavy atom. The molecule has 0 saturated carbocycles. The highest BCUT2D eigenvalue weighted by Crippen LogP contribution is 2.31. The van der Waals surface area contributed by atoms with E-state index in [1.807, 2.05) is 0 Å². The van der Waals surface area contributed by atoms with Crippen LogP contribution in [0.4, 0.5) is 17.1 Å². The number of ether oxygens (including phenoxy) is 2. The van der Waals surface area contributed by atoms with Crippen molar-refractivity contribution in [1.82, 2.24) is 4.90 Å². The lowest BCUT2D eigenvalue weighted by Crippen LogP contribution is -2.49. The summed E-state index contributed by atoms with van der Waals surface area (Å²) in [6, 6.07) is 8.15. The molecule has 0 unspecified atom stereocenters. The number of esters is 1. The molecule has 1 aliphatic heterocycles. The van der Waals surface area contributed by atoms with Crippen LogP contribution in [-0.2, 0) is 4.74 Å². The van der Waals surface area contributed by atoms with Gasteiger partial charge in [0.1, 0.15) is 5.69 Å². The van der Waals surface area contributed by atoms with E-state index in [0.717, 1.165) is 0 Å². The van der Waals surface area contributed by atoms with Gasteiger partial charge in [-0.2, -0.15) is 0 Å². The zero-order valence-electron chi connectivity index (χ0n) is 18.1. The first-order valence-corrected chi connectivity index (χ1v) is 10.1. The number of nitro groups is 2. The molecule has 0 bridgehead atoms. The maximum Gasteiger partial charge on any atom is 0.338 e. The Balaban J connectivity index is 1.75. The van der Waals surface area contributed by atoms with Crippen molar-refractivity contribution in [3.05, 3.63) is 67.8 Å². The number of carbonyl (C=O) groups excluding carboxylic acids is 2. The zero-order chi connectivity index (χ0) is 24.1. The van der Waals surface area contributed by atoms with Crippen LogP contribution < -0.4 is 9.64 Å². The third-order valence-electron chi connectivity index (χ3n) is 5.21.